The average molecular weight is 451 g/mol. The van der Waals surface area contributed by atoms with Gasteiger partial charge in [-0.1, -0.05) is 30.0 Å². The highest BCUT2D eigenvalue weighted by Crippen LogP contribution is 2.35. The number of allylic oxidation sites excluding steroid dienone is 1. The fourth-order valence-corrected chi connectivity index (χ4v) is 4.38. The molecule has 0 aromatic heterocycles. The second-order valence-corrected chi connectivity index (χ2v) is 8.58. The van der Waals surface area contributed by atoms with E-state index >= 15 is 0 Å². The first kappa shape index (κ1) is 21.8. The number of nitrogens with zero attached hydrogens (tertiary/aromatic N) is 1. The van der Waals surface area contributed by atoms with Crippen molar-refractivity contribution in [2.45, 2.75) is 6.42 Å². The number of hydrogen-bond acceptors (Lipinski definition) is 3. The Morgan fingerprint density at radius 3 is 2.47 bits per heavy atom. The van der Waals surface area contributed by atoms with Crippen LogP contribution in [0.15, 0.2) is 65.6 Å². The molecule has 0 aliphatic carbocycles. The molecule has 1 atom stereocenters. The first-order valence-corrected chi connectivity index (χ1v) is 10.7. The Morgan fingerprint density at radius 2 is 1.75 bits per heavy atom. The summed E-state index contributed by atoms with van der Waals surface area (Å²) in [7, 11) is 1.58. The smallest absolute Gasteiger partial charge is 0.245 e. The minimum absolute atomic E-state index is 0.0394. The van der Waals surface area contributed by atoms with Gasteiger partial charge in [-0.3, -0.25) is 4.79 Å². The summed E-state index contributed by atoms with van der Waals surface area (Å²) in [6.07, 6.45) is 1.71. The van der Waals surface area contributed by atoms with Crippen LogP contribution in [0, 0.1) is 29.3 Å². The van der Waals surface area contributed by atoms with Crippen LogP contribution in [0.25, 0.3) is 6.08 Å². The van der Waals surface area contributed by atoms with E-state index in [-0.39, 0.29) is 16.3 Å². The van der Waals surface area contributed by atoms with Gasteiger partial charge in [0.1, 0.15) is 17.2 Å². The summed E-state index contributed by atoms with van der Waals surface area (Å²) in [5, 5.41) is 0. The SMILES string of the molecule is CN1c2ccc(C#CCc3ccc(F)cc3)cc2C(=O)/C(=C\c2ccc(F)c(F)c2)[S+]1[O-]. The number of anilines is 1. The molecular formula is C25H16F3NO2S. The monoisotopic (exact) mass is 451 g/mol. The third kappa shape index (κ3) is 4.42. The lowest BCUT2D eigenvalue weighted by molar-refractivity contribution is 0.104. The summed E-state index contributed by atoms with van der Waals surface area (Å²) < 4.78 is 54.0. The highest BCUT2D eigenvalue weighted by atomic mass is 32.2. The maximum atomic E-state index is 13.5. The van der Waals surface area contributed by atoms with Gasteiger partial charge in [-0.15, -0.1) is 0 Å². The zero-order chi connectivity index (χ0) is 22.8. The molecule has 1 aliphatic heterocycles. The van der Waals surface area contributed by atoms with Gasteiger partial charge >= 0.3 is 0 Å². The molecule has 3 aromatic rings. The van der Waals surface area contributed by atoms with Gasteiger partial charge in [0, 0.05) is 18.1 Å². The largest absolute Gasteiger partial charge is 0.588 e. The van der Waals surface area contributed by atoms with Crippen LogP contribution in [0.4, 0.5) is 18.9 Å². The molecule has 1 heterocycles. The van der Waals surface area contributed by atoms with Crippen molar-refractivity contribution >= 4 is 28.9 Å². The van der Waals surface area contributed by atoms with Gasteiger partial charge in [-0.05, 0) is 53.6 Å². The van der Waals surface area contributed by atoms with E-state index in [9.17, 15) is 22.5 Å². The molecule has 32 heavy (non-hydrogen) atoms. The van der Waals surface area contributed by atoms with Crippen LogP contribution < -0.4 is 4.31 Å². The number of halogens is 3. The van der Waals surface area contributed by atoms with Crippen molar-refractivity contribution in [3.05, 3.63) is 105 Å². The molecule has 0 saturated carbocycles. The summed E-state index contributed by atoms with van der Waals surface area (Å²) in [5.74, 6) is 3.13. The van der Waals surface area contributed by atoms with Crippen molar-refractivity contribution in [2.75, 3.05) is 11.4 Å². The minimum Gasteiger partial charge on any atom is -0.588 e. The molecule has 0 spiro atoms. The van der Waals surface area contributed by atoms with Crippen LogP contribution in [0.1, 0.15) is 27.0 Å². The van der Waals surface area contributed by atoms with Crippen LogP contribution in [0.2, 0.25) is 0 Å². The van der Waals surface area contributed by atoms with Crippen LogP contribution in [0.5, 0.6) is 0 Å². The van der Waals surface area contributed by atoms with Gasteiger partial charge in [0.15, 0.2) is 11.6 Å². The van der Waals surface area contributed by atoms with Gasteiger partial charge in [0.05, 0.1) is 18.3 Å². The minimum atomic E-state index is -1.80. The quantitative estimate of drug-likeness (QED) is 0.312. The molecule has 1 aliphatic rings. The maximum absolute atomic E-state index is 13.5. The fraction of sp³-hybridized carbons (Fsp3) is 0.0800. The van der Waals surface area contributed by atoms with Crippen molar-refractivity contribution in [2.24, 2.45) is 0 Å². The Hall–Kier alpha value is -3.47. The number of rotatable bonds is 2. The predicted molar refractivity (Wildman–Crippen MR) is 119 cm³/mol. The first-order chi connectivity index (χ1) is 15.3. The Morgan fingerprint density at radius 1 is 1.00 bits per heavy atom. The Bertz CT molecular complexity index is 1290. The second-order valence-electron chi connectivity index (χ2n) is 7.09. The summed E-state index contributed by atoms with van der Waals surface area (Å²) in [5.41, 5.74) is 2.48. The number of ketones is 1. The lowest BCUT2D eigenvalue weighted by Crippen LogP contribution is -2.36. The van der Waals surface area contributed by atoms with Gasteiger partial charge in [0.2, 0.25) is 10.7 Å². The van der Waals surface area contributed by atoms with Crippen molar-refractivity contribution in [1.29, 1.82) is 0 Å². The lowest BCUT2D eigenvalue weighted by Gasteiger charge is -2.29. The van der Waals surface area contributed by atoms with Gasteiger partial charge < -0.3 is 4.55 Å². The molecule has 3 nitrogen and oxygen atoms in total. The summed E-state index contributed by atoms with van der Waals surface area (Å²) in [4.78, 5) is 13.0. The summed E-state index contributed by atoms with van der Waals surface area (Å²) in [6, 6.07) is 14.2. The zero-order valence-corrected chi connectivity index (χ0v) is 17.7. The van der Waals surface area contributed by atoms with Gasteiger partial charge in [0.25, 0.3) is 0 Å². The molecule has 0 fully saturated rings. The molecular weight excluding hydrogens is 435 g/mol. The molecule has 0 bridgehead atoms. The van der Waals surface area contributed by atoms with E-state index < -0.39 is 28.8 Å². The van der Waals surface area contributed by atoms with E-state index in [1.165, 1.54) is 28.6 Å². The Labute approximate surface area is 186 Å². The average Bonchev–Trinajstić information content (AvgIpc) is 2.79. The van der Waals surface area contributed by atoms with E-state index in [0.29, 0.717) is 23.2 Å². The van der Waals surface area contributed by atoms with Crippen molar-refractivity contribution < 1.29 is 22.5 Å². The molecule has 0 N–H and O–H groups in total. The number of carbonyl (C=O) groups excluding carboxylic acids is 1. The highest BCUT2D eigenvalue weighted by Gasteiger charge is 2.38. The number of hydrogen-bond donors (Lipinski definition) is 0. The van der Waals surface area contributed by atoms with Crippen molar-refractivity contribution in [1.82, 2.24) is 0 Å². The summed E-state index contributed by atoms with van der Waals surface area (Å²) in [6.45, 7) is 0. The lowest BCUT2D eigenvalue weighted by atomic mass is 10.0. The molecule has 1 unspecified atom stereocenters. The normalized spacial score (nSPS) is 16.5. The van der Waals surface area contributed by atoms with E-state index in [4.69, 9.17) is 0 Å². The zero-order valence-electron chi connectivity index (χ0n) is 16.9. The molecule has 3 aromatic carbocycles. The molecule has 160 valence electrons. The number of benzene rings is 3. The third-order valence-electron chi connectivity index (χ3n) is 4.92. The molecule has 7 heteroatoms. The van der Waals surface area contributed by atoms with Crippen LogP contribution in [-0.4, -0.2) is 17.4 Å². The Kier molecular flexibility index (Phi) is 6.08. The van der Waals surface area contributed by atoms with Crippen molar-refractivity contribution in [3.8, 4) is 11.8 Å². The number of fused-ring (bicyclic) bond motifs is 1. The molecule has 0 amide bonds. The van der Waals surface area contributed by atoms with E-state index in [0.717, 1.165) is 17.7 Å². The molecule has 0 saturated heterocycles. The Balaban J connectivity index is 1.64. The number of Topliss-reactive ketones (excluding diaryl/α,β-unsaturated/α-hetero) is 1. The van der Waals surface area contributed by atoms with E-state index in [1.54, 1.807) is 37.4 Å². The predicted octanol–water partition coefficient (Wildman–Crippen LogP) is 5.04. The van der Waals surface area contributed by atoms with Crippen LogP contribution >= 0.6 is 0 Å². The van der Waals surface area contributed by atoms with Crippen molar-refractivity contribution in [3.63, 3.8) is 0 Å². The van der Waals surface area contributed by atoms with E-state index in [2.05, 4.69) is 11.8 Å². The molecule has 0 radical (unpaired) electrons. The van der Waals surface area contributed by atoms with Crippen LogP contribution in [-0.2, 0) is 17.8 Å². The van der Waals surface area contributed by atoms with Gasteiger partial charge in [-0.25, -0.2) is 13.2 Å². The number of carbonyl (C=O) groups is 1. The topological polar surface area (TPSA) is 43.4 Å². The maximum Gasteiger partial charge on any atom is 0.245 e. The standard InChI is InChI=1S/C25H16F3NO2S/c1-29-23-12-8-17(4-2-3-16-5-9-19(26)10-6-16)13-20(23)25(30)24(32(29)31)15-18-7-11-21(27)22(28)14-18/h5-15H,3H2,1H3/b24-15+. The van der Waals surface area contributed by atoms with Crippen LogP contribution in [0.3, 0.4) is 0 Å². The second kappa shape index (κ2) is 8.95. The highest BCUT2D eigenvalue weighted by molar-refractivity contribution is 7.97. The van der Waals surface area contributed by atoms with Gasteiger partial charge in [-0.2, -0.15) is 4.31 Å². The fourth-order valence-electron chi connectivity index (χ4n) is 3.24. The van der Waals surface area contributed by atoms with E-state index in [1.807, 2.05) is 0 Å². The first-order valence-electron chi connectivity index (χ1n) is 9.58. The summed E-state index contributed by atoms with van der Waals surface area (Å²) >= 11 is -1.80. The molecule has 4 rings (SSSR count). The third-order valence-corrected chi connectivity index (χ3v) is 6.29.